The molecule has 0 unspecified atom stereocenters. The molecule has 88 valence electrons. The quantitative estimate of drug-likeness (QED) is 0.743. The summed E-state index contributed by atoms with van der Waals surface area (Å²) in [4.78, 5) is 11.7. The number of carbonyl (C=O) groups is 1. The van der Waals surface area contributed by atoms with E-state index in [9.17, 15) is 4.79 Å². The highest BCUT2D eigenvalue weighted by Crippen LogP contribution is 2.12. The van der Waals surface area contributed by atoms with Crippen molar-refractivity contribution in [1.82, 2.24) is 5.32 Å². The average Bonchev–Trinajstić information content (AvgIpc) is 2.34. The van der Waals surface area contributed by atoms with Gasteiger partial charge in [-0.25, -0.2) is 0 Å². The van der Waals surface area contributed by atoms with Gasteiger partial charge in [0.15, 0.2) is 0 Å². The van der Waals surface area contributed by atoms with Crippen LogP contribution in [-0.4, -0.2) is 33.3 Å². The molecule has 0 atom stereocenters. The van der Waals surface area contributed by atoms with Gasteiger partial charge in [-0.15, -0.1) is 0 Å². The second-order valence-corrected chi connectivity index (χ2v) is 3.33. The van der Waals surface area contributed by atoms with Crippen molar-refractivity contribution in [2.75, 3.05) is 27.4 Å². The minimum Gasteiger partial charge on any atom is -0.497 e. The summed E-state index contributed by atoms with van der Waals surface area (Å²) in [6.45, 7) is 1.27. The predicted molar refractivity (Wildman–Crippen MR) is 61.8 cm³/mol. The van der Waals surface area contributed by atoms with Crippen LogP contribution in [0.4, 0.5) is 0 Å². The van der Waals surface area contributed by atoms with E-state index in [0.717, 1.165) is 6.42 Å². The van der Waals surface area contributed by atoms with Crippen molar-refractivity contribution in [2.24, 2.45) is 0 Å². The molecule has 0 bridgehead atoms. The third-order valence-corrected chi connectivity index (χ3v) is 2.14. The number of hydrogen-bond donors (Lipinski definition) is 1. The number of methoxy groups -OCH3 is 2. The van der Waals surface area contributed by atoms with E-state index in [1.165, 1.54) is 0 Å². The Morgan fingerprint density at radius 2 is 2.19 bits per heavy atom. The zero-order chi connectivity index (χ0) is 11.8. The number of ether oxygens (including phenoxy) is 2. The molecule has 4 nitrogen and oxygen atoms in total. The first-order valence-corrected chi connectivity index (χ1v) is 5.19. The van der Waals surface area contributed by atoms with Crippen LogP contribution in [0.25, 0.3) is 0 Å². The minimum absolute atomic E-state index is 0.0880. The molecule has 0 saturated carbocycles. The first kappa shape index (κ1) is 12.5. The predicted octanol–water partition coefficient (Wildman–Crippen LogP) is 1.46. The molecule has 0 aliphatic rings. The number of benzene rings is 1. The van der Waals surface area contributed by atoms with Gasteiger partial charge in [0.2, 0.25) is 0 Å². The largest absolute Gasteiger partial charge is 0.497 e. The van der Waals surface area contributed by atoms with Gasteiger partial charge >= 0.3 is 0 Å². The molecule has 0 spiro atoms. The molecule has 1 aromatic rings. The van der Waals surface area contributed by atoms with Gasteiger partial charge in [0.05, 0.1) is 7.11 Å². The topological polar surface area (TPSA) is 47.6 Å². The summed E-state index contributed by atoms with van der Waals surface area (Å²) in [6.07, 6.45) is 0.812. The Balaban J connectivity index is 2.46. The Kier molecular flexibility index (Phi) is 5.36. The molecular weight excluding hydrogens is 206 g/mol. The maximum atomic E-state index is 11.7. The maximum absolute atomic E-state index is 11.7. The molecule has 4 heteroatoms. The number of hydrogen-bond acceptors (Lipinski definition) is 3. The van der Waals surface area contributed by atoms with Gasteiger partial charge in [0, 0.05) is 25.8 Å². The van der Waals surface area contributed by atoms with Gasteiger partial charge in [-0.1, -0.05) is 6.07 Å². The Bertz CT molecular complexity index is 339. The highest BCUT2D eigenvalue weighted by molar-refractivity contribution is 5.94. The second kappa shape index (κ2) is 6.85. The molecule has 0 heterocycles. The van der Waals surface area contributed by atoms with Crippen LogP contribution in [0.1, 0.15) is 16.8 Å². The van der Waals surface area contributed by atoms with E-state index in [1.807, 2.05) is 6.07 Å². The summed E-state index contributed by atoms with van der Waals surface area (Å²) < 4.78 is 9.94. The molecule has 0 saturated heterocycles. The standard InChI is InChI=1S/C12H17NO3/c1-15-8-4-7-13-12(14)10-5-3-6-11(9-10)16-2/h3,5-6,9H,4,7-8H2,1-2H3,(H,13,14). The first-order chi connectivity index (χ1) is 7.77. The summed E-state index contributed by atoms with van der Waals surface area (Å²) in [7, 11) is 3.22. The highest BCUT2D eigenvalue weighted by Gasteiger charge is 2.05. The Morgan fingerprint density at radius 1 is 1.38 bits per heavy atom. The third kappa shape index (κ3) is 3.90. The van der Waals surface area contributed by atoms with E-state index in [1.54, 1.807) is 32.4 Å². The number of carbonyl (C=O) groups excluding carboxylic acids is 1. The summed E-state index contributed by atoms with van der Waals surface area (Å²) in [5, 5.41) is 2.81. The molecule has 1 rings (SSSR count). The van der Waals surface area contributed by atoms with Crippen LogP contribution >= 0.6 is 0 Å². The molecule has 0 aromatic heterocycles. The second-order valence-electron chi connectivity index (χ2n) is 3.33. The first-order valence-electron chi connectivity index (χ1n) is 5.19. The lowest BCUT2D eigenvalue weighted by Crippen LogP contribution is -2.25. The lowest BCUT2D eigenvalue weighted by molar-refractivity contribution is 0.0948. The fourth-order valence-corrected chi connectivity index (χ4v) is 1.28. The van der Waals surface area contributed by atoms with Crippen molar-refractivity contribution < 1.29 is 14.3 Å². The molecule has 0 aliphatic heterocycles. The SMILES string of the molecule is COCCCNC(=O)c1cccc(OC)c1. The Hall–Kier alpha value is -1.55. The molecule has 1 aromatic carbocycles. The van der Waals surface area contributed by atoms with E-state index in [4.69, 9.17) is 9.47 Å². The summed E-state index contributed by atoms with van der Waals surface area (Å²) in [6, 6.07) is 7.07. The smallest absolute Gasteiger partial charge is 0.251 e. The Morgan fingerprint density at radius 3 is 2.88 bits per heavy atom. The monoisotopic (exact) mass is 223 g/mol. The zero-order valence-electron chi connectivity index (χ0n) is 9.66. The zero-order valence-corrected chi connectivity index (χ0v) is 9.66. The van der Waals surface area contributed by atoms with Crippen LogP contribution in [0.3, 0.4) is 0 Å². The third-order valence-electron chi connectivity index (χ3n) is 2.14. The van der Waals surface area contributed by atoms with Crippen LogP contribution in [0, 0.1) is 0 Å². The number of amides is 1. The maximum Gasteiger partial charge on any atom is 0.251 e. The highest BCUT2D eigenvalue weighted by atomic mass is 16.5. The van der Waals surface area contributed by atoms with E-state index in [-0.39, 0.29) is 5.91 Å². The van der Waals surface area contributed by atoms with Crippen LogP contribution in [0.5, 0.6) is 5.75 Å². The van der Waals surface area contributed by atoms with Crippen molar-refractivity contribution in [2.45, 2.75) is 6.42 Å². The lowest BCUT2D eigenvalue weighted by Gasteiger charge is -2.06. The average molecular weight is 223 g/mol. The molecular formula is C12H17NO3. The number of nitrogens with one attached hydrogen (secondary N) is 1. The van der Waals surface area contributed by atoms with E-state index >= 15 is 0 Å². The van der Waals surface area contributed by atoms with Gasteiger partial charge in [-0.3, -0.25) is 4.79 Å². The van der Waals surface area contributed by atoms with Crippen LogP contribution < -0.4 is 10.1 Å². The summed E-state index contributed by atoms with van der Waals surface area (Å²) >= 11 is 0. The van der Waals surface area contributed by atoms with Crippen molar-refractivity contribution in [3.63, 3.8) is 0 Å². The van der Waals surface area contributed by atoms with Gasteiger partial charge in [-0.05, 0) is 24.6 Å². The van der Waals surface area contributed by atoms with E-state index < -0.39 is 0 Å². The molecule has 0 radical (unpaired) electrons. The van der Waals surface area contributed by atoms with E-state index in [0.29, 0.717) is 24.5 Å². The fraction of sp³-hybridized carbons (Fsp3) is 0.417. The van der Waals surface area contributed by atoms with Crippen LogP contribution in [-0.2, 0) is 4.74 Å². The normalized spacial score (nSPS) is 9.88. The molecule has 0 fully saturated rings. The van der Waals surface area contributed by atoms with Gasteiger partial charge in [-0.2, -0.15) is 0 Å². The fourth-order valence-electron chi connectivity index (χ4n) is 1.28. The van der Waals surface area contributed by atoms with Gasteiger partial charge in [0.1, 0.15) is 5.75 Å². The molecule has 16 heavy (non-hydrogen) atoms. The minimum atomic E-state index is -0.0880. The molecule has 0 aliphatic carbocycles. The Labute approximate surface area is 95.6 Å². The molecule has 1 amide bonds. The lowest BCUT2D eigenvalue weighted by atomic mass is 10.2. The van der Waals surface area contributed by atoms with Crippen LogP contribution in [0.15, 0.2) is 24.3 Å². The number of rotatable bonds is 6. The van der Waals surface area contributed by atoms with E-state index in [2.05, 4.69) is 5.32 Å². The van der Waals surface area contributed by atoms with Crippen molar-refractivity contribution >= 4 is 5.91 Å². The van der Waals surface area contributed by atoms with Crippen molar-refractivity contribution in [3.8, 4) is 5.75 Å². The molecule has 1 N–H and O–H groups in total. The van der Waals surface area contributed by atoms with Crippen LogP contribution in [0.2, 0.25) is 0 Å². The van der Waals surface area contributed by atoms with Gasteiger partial charge in [0.25, 0.3) is 5.91 Å². The summed E-state index contributed by atoms with van der Waals surface area (Å²) in [5.74, 6) is 0.597. The summed E-state index contributed by atoms with van der Waals surface area (Å²) in [5.41, 5.74) is 0.608. The van der Waals surface area contributed by atoms with Crippen molar-refractivity contribution in [3.05, 3.63) is 29.8 Å². The van der Waals surface area contributed by atoms with Gasteiger partial charge < -0.3 is 14.8 Å². The van der Waals surface area contributed by atoms with Crippen molar-refractivity contribution in [1.29, 1.82) is 0 Å².